The summed E-state index contributed by atoms with van der Waals surface area (Å²) < 4.78 is 13.7. The second-order valence-corrected chi connectivity index (χ2v) is 9.41. The topological polar surface area (TPSA) is 12.0 Å². The Morgan fingerprint density at radius 1 is 0.903 bits per heavy atom. The fourth-order valence-electron chi connectivity index (χ4n) is 4.62. The monoisotopic (exact) mass is 425 g/mol. The number of aryl methyl sites for hydroxylation is 2. The van der Waals surface area contributed by atoms with Crippen molar-refractivity contribution in [1.82, 2.24) is 0 Å². The minimum absolute atomic E-state index is 0.0701. The zero-order valence-electron chi connectivity index (χ0n) is 20.4. The largest absolute Gasteiger partial charge is 0.385 e. The number of benzene rings is 2. The van der Waals surface area contributed by atoms with Gasteiger partial charge in [0.25, 0.3) is 0 Å². The Morgan fingerprint density at radius 2 is 1.68 bits per heavy atom. The molecule has 172 valence electrons. The van der Waals surface area contributed by atoms with Crippen LogP contribution in [0.2, 0.25) is 0 Å². The Hall–Kier alpha value is -1.83. The van der Waals surface area contributed by atoms with Gasteiger partial charge in [-0.3, -0.25) is 0 Å². The van der Waals surface area contributed by atoms with Crippen LogP contribution in [0.4, 0.5) is 10.1 Å². The number of rotatable bonds is 15. The molecular weight excluding hydrogens is 381 g/mol. The molecule has 0 aliphatic rings. The second-order valence-electron chi connectivity index (χ2n) is 9.41. The predicted molar refractivity (Wildman–Crippen MR) is 134 cm³/mol. The van der Waals surface area contributed by atoms with Crippen LogP contribution in [-0.2, 0) is 12.8 Å². The van der Waals surface area contributed by atoms with Crippen LogP contribution in [0.3, 0.4) is 0 Å². The Morgan fingerprint density at radius 3 is 2.42 bits per heavy atom. The van der Waals surface area contributed by atoms with E-state index in [1.165, 1.54) is 62.6 Å². The van der Waals surface area contributed by atoms with E-state index in [0.717, 1.165) is 36.4 Å². The van der Waals surface area contributed by atoms with Gasteiger partial charge in [-0.25, -0.2) is 4.39 Å². The average Bonchev–Trinajstić information content (AvgIpc) is 2.76. The zero-order valence-corrected chi connectivity index (χ0v) is 20.4. The van der Waals surface area contributed by atoms with E-state index in [-0.39, 0.29) is 5.82 Å². The highest BCUT2D eigenvalue weighted by atomic mass is 19.1. The lowest BCUT2D eigenvalue weighted by molar-refractivity contribution is 0.396. The van der Waals surface area contributed by atoms with E-state index in [1.807, 2.05) is 13.0 Å². The summed E-state index contributed by atoms with van der Waals surface area (Å²) in [5.41, 5.74) is 4.60. The van der Waals surface area contributed by atoms with Crippen LogP contribution >= 0.6 is 0 Å². The normalized spacial score (nSPS) is 13.2. The number of anilines is 1. The van der Waals surface area contributed by atoms with Crippen molar-refractivity contribution in [2.45, 2.75) is 91.9 Å². The quantitative estimate of drug-likeness (QED) is 0.281. The third-order valence-electron chi connectivity index (χ3n) is 6.59. The van der Waals surface area contributed by atoms with Crippen molar-refractivity contribution in [3.8, 4) is 0 Å². The fraction of sp³-hybridized carbons (Fsp3) is 0.586. The summed E-state index contributed by atoms with van der Waals surface area (Å²) in [5.74, 6) is 1.38. The molecule has 1 N–H and O–H groups in total. The molecule has 0 aliphatic heterocycles. The molecule has 1 nitrogen and oxygen atoms in total. The number of nitrogens with one attached hydrogen (secondary N) is 1. The number of para-hydroxylation sites is 1. The molecule has 2 aromatic rings. The third-order valence-corrected chi connectivity index (χ3v) is 6.59. The summed E-state index contributed by atoms with van der Waals surface area (Å²) in [6.07, 6.45) is 12.5. The summed E-state index contributed by atoms with van der Waals surface area (Å²) in [7, 11) is 0. The van der Waals surface area contributed by atoms with Crippen molar-refractivity contribution in [1.29, 1.82) is 0 Å². The van der Waals surface area contributed by atoms with Crippen LogP contribution in [-0.4, -0.2) is 6.54 Å². The van der Waals surface area contributed by atoms with E-state index in [9.17, 15) is 4.39 Å². The van der Waals surface area contributed by atoms with Crippen molar-refractivity contribution in [2.24, 2.45) is 11.8 Å². The highest BCUT2D eigenvalue weighted by Gasteiger charge is 2.10. The van der Waals surface area contributed by atoms with Gasteiger partial charge in [0.15, 0.2) is 0 Å². The summed E-state index contributed by atoms with van der Waals surface area (Å²) in [6, 6.07) is 14.4. The summed E-state index contributed by atoms with van der Waals surface area (Å²) >= 11 is 0. The zero-order chi connectivity index (χ0) is 22.5. The van der Waals surface area contributed by atoms with Crippen LogP contribution in [0.15, 0.2) is 42.5 Å². The Bertz CT molecular complexity index is 754. The van der Waals surface area contributed by atoms with Crippen LogP contribution in [0.5, 0.6) is 0 Å². The van der Waals surface area contributed by atoms with Gasteiger partial charge in [0, 0.05) is 12.2 Å². The molecule has 0 bridgehead atoms. The van der Waals surface area contributed by atoms with E-state index in [1.54, 1.807) is 6.07 Å². The third kappa shape index (κ3) is 9.46. The standard InChI is InChI=1S/C29H44FN/c1-5-12-25(19-20-31-29-16-11-10-15-27(29)6-2)14-9-7-8-13-23(3)21-26-18-17-24(4)28(30)22-26/h10-11,15-18,22-23,25,31H,5-9,12-14,19-21H2,1-4H3. The van der Waals surface area contributed by atoms with Crippen molar-refractivity contribution in [3.05, 3.63) is 65.0 Å². The summed E-state index contributed by atoms with van der Waals surface area (Å²) in [5, 5.41) is 3.67. The number of hydrogen-bond donors (Lipinski definition) is 1. The Balaban J connectivity index is 1.63. The summed E-state index contributed by atoms with van der Waals surface area (Å²) in [6.45, 7) is 9.74. The first-order chi connectivity index (χ1) is 15.0. The first-order valence-electron chi connectivity index (χ1n) is 12.6. The number of hydrogen-bond acceptors (Lipinski definition) is 1. The van der Waals surface area contributed by atoms with E-state index in [2.05, 4.69) is 56.4 Å². The maximum Gasteiger partial charge on any atom is 0.126 e. The van der Waals surface area contributed by atoms with Crippen molar-refractivity contribution in [2.75, 3.05) is 11.9 Å². The lowest BCUT2D eigenvalue weighted by Crippen LogP contribution is -2.10. The van der Waals surface area contributed by atoms with Gasteiger partial charge in [-0.05, 0) is 66.8 Å². The molecule has 0 radical (unpaired) electrons. The Labute approximate surface area is 190 Å². The van der Waals surface area contributed by atoms with Crippen LogP contribution in [0, 0.1) is 24.6 Å². The highest BCUT2D eigenvalue weighted by Crippen LogP contribution is 2.23. The van der Waals surface area contributed by atoms with E-state index in [4.69, 9.17) is 0 Å². The molecule has 2 atom stereocenters. The van der Waals surface area contributed by atoms with E-state index in [0.29, 0.717) is 5.92 Å². The van der Waals surface area contributed by atoms with Gasteiger partial charge in [0.05, 0.1) is 0 Å². The minimum atomic E-state index is -0.0701. The van der Waals surface area contributed by atoms with E-state index < -0.39 is 0 Å². The van der Waals surface area contributed by atoms with Crippen molar-refractivity contribution < 1.29 is 4.39 Å². The van der Waals surface area contributed by atoms with Gasteiger partial charge < -0.3 is 5.32 Å². The molecule has 0 aromatic heterocycles. The van der Waals surface area contributed by atoms with Crippen LogP contribution < -0.4 is 5.32 Å². The molecule has 2 unspecified atom stereocenters. The van der Waals surface area contributed by atoms with Gasteiger partial charge in [0.1, 0.15) is 5.82 Å². The predicted octanol–water partition coefficient (Wildman–Crippen LogP) is 8.74. The molecular formula is C29H44FN. The van der Waals surface area contributed by atoms with Gasteiger partial charge in [-0.2, -0.15) is 0 Å². The van der Waals surface area contributed by atoms with Gasteiger partial charge in [0.2, 0.25) is 0 Å². The molecule has 0 saturated carbocycles. The molecule has 0 amide bonds. The maximum atomic E-state index is 13.7. The molecule has 2 heteroatoms. The molecule has 0 spiro atoms. The average molecular weight is 426 g/mol. The van der Waals surface area contributed by atoms with Crippen LogP contribution in [0.25, 0.3) is 0 Å². The smallest absolute Gasteiger partial charge is 0.126 e. The number of halogens is 1. The molecule has 0 saturated heterocycles. The van der Waals surface area contributed by atoms with Gasteiger partial charge >= 0.3 is 0 Å². The highest BCUT2D eigenvalue weighted by molar-refractivity contribution is 5.50. The first-order valence-corrected chi connectivity index (χ1v) is 12.6. The molecule has 0 heterocycles. The maximum absolute atomic E-state index is 13.7. The molecule has 2 aromatic carbocycles. The van der Waals surface area contributed by atoms with Crippen LogP contribution in [0.1, 0.15) is 88.8 Å². The van der Waals surface area contributed by atoms with Crippen molar-refractivity contribution in [3.63, 3.8) is 0 Å². The summed E-state index contributed by atoms with van der Waals surface area (Å²) in [4.78, 5) is 0. The minimum Gasteiger partial charge on any atom is -0.385 e. The fourth-order valence-corrected chi connectivity index (χ4v) is 4.62. The SMILES string of the molecule is CCCC(CCCCCC(C)Cc1ccc(C)c(F)c1)CCNc1ccccc1CC. The van der Waals surface area contributed by atoms with E-state index >= 15 is 0 Å². The second kappa shape index (κ2) is 14.3. The molecule has 31 heavy (non-hydrogen) atoms. The van der Waals surface area contributed by atoms with Gasteiger partial charge in [-0.1, -0.05) is 96.0 Å². The lowest BCUT2D eigenvalue weighted by Gasteiger charge is -2.18. The molecule has 0 fully saturated rings. The van der Waals surface area contributed by atoms with Crippen molar-refractivity contribution >= 4 is 5.69 Å². The first kappa shape index (κ1) is 25.4. The molecule has 0 aliphatic carbocycles. The molecule has 2 rings (SSSR count). The van der Waals surface area contributed by atoms with Gasteiger partial charge in [-0.15, -0.1) is 0 Å². The number of unbranched alkanes of at least 4 members (excludes halogenated alkanes) is 2. The Kier molecular flexibility index (Phi) is 11.7. The lowest BCUT2D eigenvalue weighted by atomic mass is 9.91.